The molecule has 3 rings (SSSR count). The number of hydrogen-bond acceptors (Lipinski definition) is 7. The van der Waals surface area contributed by atoms with E-state index >= 15 is 0 Å². The topological polar surface area (TPSA) is 103 Å². The monoisotopic (exact) mass is 288 g/mol. The largest absolute Gasteiger partial charge is 0.479 e. The molecule has 8 nitrogen and oxygen atoms in total. The molecule has 0 aliphatic heterocycles. The highest BCUT2D eigenvalue weighted by atomic mass is 16.6. The number of hydrogen-bond donors (Lipinski definition) is 1. The van der Waals surface area contributed by atoms with Crippen LogP contribution in [0.1, 0.15) is 12.2 Å². The highest BCUT2D eigenvalue weighted by molar-refractivity contribution is 5.98. The van der Waals surface area contributed by atoms with Crippen molar-refractivity contribution in [2.24, 2.45) is 0 Å². The average Bonchev–Trinajstić information content (AvgIpc) is 3.14. The van der Waals surface area contributed by atoms with Gasteiger partial charge in [-0.05, 0) is 27.6 Å². The number of aryl methyl sites for hydroxylation is 1. The van der Waals surface area contributed by atoms with Gasteiger partial charge in [0.25, 0.3) is 5.88 Å². The van der Waals surface area contributed by atoms with E-state index in [1.165, 1.54) is 7.11 Å². The van der Waals surface area contributed by atoms with Crippen LogP contribution >= 0.6 is 0 Å². The normalized spacial score (nSPS) is 10.7. The first-order valence-electron chi connectivity index (χ1n) is 6.27. The van der Waals surface area contributed by atoms with Crippen molar-refractivity contribution in [3.8, 4) is 5.88 Å². The minimum atomic E-state index is -0.166. The van der Waals surface area contributed by atoms with Gasteiger partial charge in [-0.1, -0.05) is 6.07 Å². The second kappa shape index (κ2) is 5.61. The Balaban J connectivity index is 1.62. The lowest BCUT2D eigenvalue weighted by Crippen LogP contribution is -2.12. The standard InChI is InChI=1S/C13H12N4O4/c1-19-12-7-8(20-16-12)5-6-11(18)14-9-3-2-4-10-13(9)17-21-15-10/h2-4,7H,5-6H2,1H3,(H,14,18). The Bertz CT molecular complexity index is 764. The zero-order valence-corrected chi connectivity index (χ0v) is 11.2. The molecule has 2 heterocycles. The number of anilines is 1. The molecule has 1 aromatic carbocycles. The van der Waals surface area contributed by atoms with Crippen molar-refractivity contribution in [2.75, 3.05) is 12.4 Å². The molecular formula is C13H12N4O4. The zero-order chi connectivity index (χ0) is 14.7. The zero-order valence-electron chi connectivity index (χ0n) is 11.2. The van der Waals surface area contributed by atoms with Gasteiger partial charge in [-0.2, -0.15) is 0 Å². The Labute approximate surface area is 119 Å². The molecule has 8 heteroatoms. The molecule has 21 heavy (non-hydrogen) atoms. The number of fused-ring (bicyclic) bond motifs is 1. The number of rotatable bonds is 5. The summed E-state index contributed by atoms with van der Waals surface area (Å²) in [7, 11) is 1.50. The number of carbonyl (C=O) groups is 1. The van der Waals surface area contributed by atoms with Gasteiger partial charge in [0.2, 0.25) is 5.91 Å². The summed E-state index contributed by atoms with van der Waals surface area (Å²) in [4.78, 5) is 11.9. The maximum absolute atomic E-state index is 11.9. The molecule has 3 aromatic rings. The number of ether oxygens (including phenoxy) is 1. The molecule has 0 aliphatic carbocycles. The third-order valence-electron chi connectivity index (χ3n) is 2.91. The van der Waals surface area contributed by atoms with Gasteiger partial charge in [-0.3, -0.25) is 4.79 Å². The van der Waals surface area contributed by atoms with Crippen LogP contribution in [-0.4, -0.2) is 28.5 Å². The van der Waals surface area contributed by atoms with E-state index < -0.39 is 0 Å². The lowest BCUT2D eigenvalue weighted by molar-refractivity contribution is -0.116. The predicted octanol–water partition coefficient (Wildman–Crippen LogP) is 1.79. The van der Waals surface area contributed by atoms with E-state index in [1.54, 1.807) is 24.3 Å². The molecule has 0 fully saturated rings. The van der Waals surface area contributed by atoms with Crippen molar-refractivity contribution in [1.82, 2.24) is 15.5 Å². The first-order valence-corrected chi connectivity index (χ1v) is 6.27. The van der Waals surface area contributed by atoms with Crippen molar-refractivity contribution >= 4 is 22.6 Å². The summed E-state index contributed by atoms with van der Waals surface area (Å²) in [6.07, 6.45) is 0.676. The van der Waals surface area contributed by atoms with Crippen LogP contribution in [0.4, 0.5) is 5.69 Å². The summed E-state index contributed by atoms with van der Waals surface area (Å²) in [6.45, 7) is 0. The number of aromatic nitrogens is 3. The van der Waals surface area contributed by atoms with Crippen molar-refractivity contribution in [3.05, 3.63) is 30.0 Å². The van der Waals surface area contributed by atoms with Crippen LogP contribution in [0.2, 0.25) is 0 Å². The highest BCUT2D eigenvalue weighted by Gasteiger charge is 2.11. The maximum atomic E-state index is 11.9. The van der Waals surface area contributed by atoms with Gasteiger partial charge < -0.3 is 14.6 Å². The number of benzene rings is 1. The number of nitrogens with one attached hydrogen (secondary N) is 1. The molecule has 0 atom stereocenters. The summed E-state index contributed by atoms with van der Waals surface area (Å²) in [5, 5.41) is 13.9. The molecule has 0 unspecified atom stereocenters. The Morgan fingerprint density at radius 2 is 2.24 bits per heavy atom. The summed E-state index contributed by atoms with van der Waals surface area (Å²) in [5.41, 5.74) is 1.67. The summed E-state index contributed by atoms with van der Waals surface area (Å²) in [5.74, 6) is 0.813. The van der Waals surface area contributed by atoms with Gasteiger partial charge in [0.05, 0.1) is 12.8 Å². The molecule has 0 bridgehead atoms. The van der Waals surface area contributed by atoms with Crippen LogP contribution in [0.3, 0.4) is 0 Å². The van der Waals surface area contributed by atoms with E-state index in [0.29, 0.717) is 34.8 Å². The van der Waals surface area contributed by atoms with Gasteiger partial charge in [0, 0.05) is 18.9 Å². The quantitative estimate of drug-likeness (QED) is 0.763. The van der Waals surface area contributed by atoms with Crippen LogP contribution in [-0.2, 0) is 11.2 Å². The molecule has 108 valence electrons. The van der Waals surface area contributed by atoms with Gasteiger partial charge in [-0.15, -0.1) is 0 Å². The average molecular weight is 288 g/mol. The minimum Gasteiger partial charge on any atom is -0.479 e. The fourth-order valence-electron chi connectivity index (χ4n) is 1.86. The van der Waals surface area contributed by atoms with Crippen LogP contribution < -0.4 is 10.1 Å². The van der Waals surface area contributed by atoms with Crippen LogP contribution in [0, 0.1) is 0 Å². The second-order valence-electron chi connectivity index (χ2n) is 4.32. The Morgan fingerprint density at radius 1 is 1.33 bits per heavy atom. The van der Waals surface area contributed by atoms with Crippen LogP contribution in [0.5, 0.6) is 5.88 Å². The van der Waals surface area contributed by atoms with Crippen molar-refractivity contribution in [3.63, 3.8) is 0 Å². The lowest BCUT2D eigenvalue weighted by Gasteiger charge is -2.03. The van der Waals surface area contributed by atoms with E-state index in [-0.39, 0.29) is 12.3 Å². The number of amides is 1. The molecule has 1 N–H and O–H groups in total. The molecular weight excluding hydrogens is 276 g/mol. The third-order valence-corrected chi connectivity index (χ3v) is 2.91. The Morgan fingerprint density at radius 3 is 3.05 bits per heavy atom. The van der Waals surface area contributed by atoms with Crippen molar-refractivity contribution in [1.29, 1.82) is 0 Å². The molecule has 1 amide bonds. The number of carbonyl (C=O) groups excluding carboxylic acids is 1. The van der Waals surface area contributed by atoms with Gasteiger partial charge in [-0.25, -0.2) is 4.63 Å². The summed E-state index contributed by atoms with van der Waals surface area (Å²) < 4.78 is 14.6. The summed E-state index contributed by atoms with van der Waals surface area (Å²) >= 11 is 0. The predicted molar refractivity (Wildman–Crippen MR) is 71.8 cm³/mol. The smallest absolute Gasteiger partial charge is 0.254 e. The van der Waals surface area contributed by atoms with Gasteiger partial charge in [0.15, 0.2) is 5.52 Å². The van der Waals surface area contributed by atoms with E-state index in [2.05, 4.69) is 25.4 Å². The maximum Gasteiger partial charge on any atom is 0.254 e. The van der Waals surface area contributed by atoms with Gasteiger partial charge in [0.1, 0.15) is 11.3 Å². The third kappa shape index (κ3) is 2.83. The Kier molecular flexibility index (Phi) is 3.50. The summed E-state index contributed by atoms with van der Waals surface area (Å²) in [6, 6.07) is 6.91. The van der Waals surface area contributed by atoms with Crippen molar-refractivity contribution < 1.29 is 18.7 Å². The molecule has 0 aliphatic rings. The van der Waals surface area contributed by atoms with Crippen LogP contribution in [0.25, 0.3) is 11.0 Å². The fourth-order valence-corrected chi connectivity index (χ4v) is 1.86. The van der Waals surface area contributed by atoms with Gasteiger partial charge >= 0.3 is 0 Å². The SMILES string of the molecule is COc1cc(CCC(=O)Nc2cccc3nonc23)on1. The number of methoxy groups -OCH3 is 1. The molecule has 0 spiro atoms. The molecule has 0 saturated carbocycles. The lowest BCUT2D eigenvalue weighted by atomic mass is 10.2. The second-order valence-corrected chi connectivity index (χ2v) is 4.32. The number of nitrogens with zero attached hydrogens (tertiary/aromatic N) is 3. The van der Waals surface area contributed by atoms with E-state index in [4.69, 9.17) is 9.26 Å². The first kappa shape index (κ1) is 13.1. The van der Waals surface area contributed by atoms with E-state index in [1.807, 2.05) is 0 Å². The first-order chi connectivity index (χ1) is 10.3. The Hall–Kier alpha value is -2.90. The molecule has 0 radical (unpaired) electrons. The van der Waals surface area contributed by atoms with E-state index in [9.17, 15) is 4.79 Å². The minimum absolute atomic E-state index is 0.166. The van der Waals surface area contributed by atoms with Crippen molar-refractivity contribution in [2.45, 2.75) is 12.8 Å². The molecule has 2 aromatic heterocycles. The van der Waals surface area contributed by atoms with Crippen LogP contribution in [0.15, 0.2) is 33.4 Å². The van der Waals surface area contributed by atoms with E-state index in [0.717, 1.165) is 0 Å². The highest BCUT2D eigenvalue weighted by Crippen LogP contribution is 2.20. The fraction of sp³-hybridized carbons (Fsp3) is 0.231. The molecule has 0 saturated heterocycles.